The SMILES string of the molecule is COc1ccc(CCN(C(C)=O)[C@H]2CC(=O)N(c3ccc(Cl)cc3)C2=O)cc1. The molecule has 0 aromatic heterocycles. The number of amides is 3. The molecule has 0 saturated carbocycles. The first kappa shape index (κ1) is 19.9. The van der Waals surface area contributed by atoms with Crippen molar-refractivity contribution in [2.45, 2.75) is 25.8 Å². The fourth-order valence-corrected chi connectivity index (χ4v) is 3.42. The molecule has 0 aliphatic carbocycles. The van der Waals surface area contributed by atoms with Crippen LogP contribution < -0.4 is 9.64 Å². The van der Waals surface area contributed by atoms with Crippen molar-refractivity contribution in [1.29, 1.82) is 0 Å². The minimum absolute atomic E-state index is 0.0242. The Morgan fingerprint density at radius 2 is 1.79 bits per heavy atom. The van der Waals surface area contributed by atoms with Gasteiger partial charge in [0.25, 0.3) is 5.91 Å². The Morgan fingerprint density at radius 3 is 2.36 bits per heavy atom. The van der Waals surface area contributed by atoms with Crippen LogP contribution in [0.1, 0.15) is 18.9 Å². The molecular weight excluding hydrogens is 380 g/mol. The van der Waals surface area contributed by atoms with Crippen LogP contribution in [0.3, 0.4) is 0 Å². The highest BCUT2D eigenvalue weighted by Gasteiger charge is 2.43. The van der Waals surface area contributed by atoms with Crippen molar-refractivity contribution in [1.82, 2.24) is 4.90 Å². The lowest BCUT2D eigenvalue weighted by molar-refractivity contribution is -0.136. The molecule has 2 aromatic rings. The smallest absolute Gasteiger partial charge is 0.257 e. The van der Waals surface area contributed by atoms with Gasteiger partial charge < -0.3 is 9.64 Å². The minimum Gasteiger partial charge on any atom is -0.497 e. The Kier molecular flexibility index (Phi) is 5.99. The van der Waals surface area contributed by atoms with Gasteiger partial charge in [-0.15, -0.1) is 0 Å². The van der Waals surface area contributed by atoms with E-state index in [0.717, 1.165) is 16.2 Å². The standard InChI is InChI=1S/C21H21ClN2O4/c1-14(25)23(12-11-15-3-9-18(28-2)10-4-15)19-13-20(26)24(21(19)27)17-7-5-16(22)6-8-17/h3-10,19H,11-13H2,1-2H3/t19-/m0/s1. The zero-order valence-electron chi connectivity index (χ0n) is 15.7. The van der Waals surface area contributed by atoms with Crippen LogP contribution in [0.4, 0.5) is 5.69 Å². The Labute approximate surface area is 168 Å². The van der Waals surface area contributed by atoms with Gasteiger partial charge in [0.15, 0.2) is 0 Å². The minimum atomic E-state index is -0.793. The summed E-state index contributed by atoms with van der Waals surface area (Å²) in [6.07, 6.45) is 0.548. The van der Waals surface area contributed by atoms with Crippen molar-refractivity contribution in [3.8, 4) is 5.75 Å². The molecule has 0 unspecified atom stereocenters. The van der Waals surface area contributed by atoms with Crippen molar-refractivity contribution in [3.63, 3.8) is 0 Å². The molecule has 1 aliphatic rings. The first-order valence-corrected chi connectivity index (χ1v) is 9.31. The number of benzene rings is 2. The molecule has 3 amide bonds. The van der Waals surface area contributed by atoms with Crippen LogP contribution >= 0.6 is 11.6 Å². The van der Waals surface area contributed by atoms with Crippen LogP contribution in [-0.2, 0) is 20.8 Å². The Balaban J connectivity index is 1.74. The first-order chi connectivity index (χ1) is 13.4. The number of imide groups is 1. The van der Waals surface area contributed by atoms with Gasteiger partial charge in [0.2, 0.25) is 11.8 Å². The van der Waals surface area contributed by atoms with E-state index in [4.69, 9.17) is 16.3 Å². The molecule has 1 saturated heterocycles. The molecule has 1 atom stereocenters. The second kappa shape index (κ2) is 8.44. The molecule has 1 heterocycles. The van der Waals surface area contributed by atoms with E-state index in [-0.39, 0.29) is 18.2 Å². The van der Waals surface area contributed by atoms with E-state index in [1.54, 1.807) is 31.4 Å². The Hall–Kier alpha value is -2.86. The van der Waals surface area contributed by atoms with E-state index in [1.165, 1.54) is 11.8 Å². The third-order valence-corrected chi connectivity index (χ3v) is 5.04. The first-order valence-electron chi connectivity index (χ1n) is 8.93. The highest BCUT2D eigenvalue weighted by Crippen LogP contribution is 2.27. The van der Waals surface area contributed by atoms with Crippen molar-refractivity contribution < 1.29 is 19.1 Å². The summed E-state index contributed by atoms with van der Waals surface area (Å²) < 4.78 is 5.14. The molecule has 1 aliphatic heterocycles. The van der Waals surface area contributed by atoms with Gasteiger partial charge in [0.05, 0.1) is 19.2 Å². The van der Waals surface area contributed by atoms with Gasteiger partial charge in [0.1, 0.15) is 11.8 Å². The second-order valence-corrected chi connectivity index (χ2v) is 7.01. The lowest BCUT2D eigenvalue weighted by atomic mass is 10.1. The van der Waals surface area contributed by atoms with Gasteiger partial charge >= 0.3 is 0 Å². The van der Waals surface area contributed by atoms with Gasteiger partial charge in [-0.3, -0.25) is 14.4 Å². The maximum Gasteiger partial charge on any atom is 0.257 e. The normalized spacial score (nSPS) is 16.4. The molecule has 0 N–H and O–H groups in total. The number of rotatable bonds is 6. The third-order valence-electron chi connectivity index (χ3n) is 4.79. The molecule has 7 heteroatoms. The summed E-state index contributed by atoms with van der Waals surface area (Å²) >= 11 is 5.88. The van der Waals surface area contributed by atoms with E-state index in [0.29, 0.717) is 23.7 Å². The predicted octanol–water partition coefficient (Wildman–Crippen LogP) is 3.07. The topological polar surface area (TPSA) is 66.9 Å². The zero-order chi connectivity index (χ0) is 20.3. The number of ether oxygens (including phenoxy) is 1. The van der Waals surface area contributed by atoms with Gasteiger partial charge in [0, 0.05) is 18.5 Å². The van der Waals surface area contributed by atoms with Crippen molar-refractivity contribution in [2.75, 3.05) is 18.6 Å². The molecule has 2 aromatic carbocycles. The fourth-order valence-electron chi connectivity index (χ4n) is 3.30. The predicted molar refractivity (Wildman–Crippen MR) is 106 cm³/mol. The average molecular weight is 401 g/mol. The second-order valence-electron chi connectivity index (χ2n) is 6.57. The molecular formula is C21H21ClN2O4. The van der Waals surface area contributed by atoms with Crippen LogP contribution in [0.2, 0.25) is 5.02 Å². The van der Waals surface area contributed by atoms with Crippen molar-refractivity contribution in [2.24, 2.45) is 0 Å². The number of carbonyl (C=O) groups is 3. The Bertz CT molecular complexity index is 880. The van der Waals surface area contributed by atoms with Crippen LogP contribution in [-0.4, -0.2) is 42.3 Å². The molecule has 1 fully saturated rings. The van der Waals surface area contributed by atoms with E-state index in [9.17, 15) is 14.4 Å². The third kappa shape index (κ3) is 4.17. The number of methoxy groups -OCH3 is 1. The van der Waals surface area contributed by atoms with Gasteiger partial charge in [-0.2, -0.15) is 0 Å². The number of hydrogen-bond donors (Lipinski definition) is 0. The van der Waals surface area contributed by atoms with E-state index in [1.807, 2.05) is 24.3 Å². The van der Waals surface area contributed by atoms with Crippen molar-refractivity contribution in [3.05, 3.63) is 59.1 Å². The molecule has 146 valence electrons. The summed E-state index contributed by atoms with van der Waals surface area (Å²) in [5.74, 6) is -0.203. The zero-order valence-corrected chi connectivity index (χ0v) is 16.5. The lowest BCUT2D eigenvalue weighted by Gasteiger charge is -2.26. The summed E-state index contributed by atoms with van der Waals surface area (Å²) in [6.45, 7) is 1.76. The number of anilines is 1. The van der Waals surface area contributed by atoms with Gasteiger partial charge in [-0.1, -0.05) is 23.7 Å². The number of hydrogen-bond acceptors (Lipinski definition) is 4. The van der Waals surface area contributed by atoms with E-state index >= 15 is 0 Å². The maximum absolute atomic E-state index is 12.9. The largest absolute Gasteiger partial charge is 0.497 e. The van der Waals surface area contributed by atoms with E-state index < -0.39 is 11.9 Å². The van der Waals surface area contributed by atoms with Crippen LogP contribution in [0.25, 0.3) is 0 Å². The molecule has 0 radical (unpaired) electrons. The molecule has 28 heavy (non-hydrogen) atoms. The van der Waals surface area contributed by atoms with E-state index in [2.05, 4.69) is 0 Å². The fraction of sp³-hybridized carbons (Fsp3) is 0.286. The van der Waals surface area contributed by atoms with Gasteiger partial charge in [-0.05, 0) is 48.4 Å². The Morgan fingerprint density at radius 1 is 1.14 bits per heavy atom. The lowest BCUT2D eigenvalue weighted by Crippen LogP contribution is -2.45. The molecule has 0 bridgehead atoms. The molecule has 6 nitrogen and oxygen atoms in total. The number of nitrogens with zero attached hydrogens (tertiary/aromatic N) is 2. The molecule has 0 spiro atoms. The highest BCUT2D eigenvalue weighted by molar-refractivity contribution is 6.30. The quantitative estimate of drug-likeness (QED) is 0.699. The maximum atomic E-state index is 12.9. The van der Waals surface area contributed by atoms with Crippen LogP contribution in [0, 0.1) is 0 Å². The summed E-state index contributed by atoms with van der Waals surface area (Å²) in [6, 6.07) is 13.2. The summed E-state index contributed by atoms with van der Waals surface area (Å²) in [5.41, 5.74) is 1.47. The average Bonchev–Trinajstić information content (AvgIpc) is 2.97. The van der Waals surface area contributed by atoms with Crippen LogP contribution in [0.15, 0.2) is 48.5 Å². The summed E-state index contributed by atoms with van der Waals surface area (Å²) in [4.78, 5) is 40.2. The van der Waals surface area contributed by atoms with Gasteiger partial charge in [-0.25, -0.2) is 4.90 Å². The summed E-state index contributed by atoms with van der Waals surface area (Å²) in [7, 11) is 1.60. The number of halogens is 1. The monoisotopic (exact) mass is 400 g/mol. The summed E-state index contributed by atoms with van der Waals surface area (Å²) in [5, 5.41) is 0.518. The molecule has 3 rings (SSSR count). The highest BCUT2D eigenvalue weighted by atomic mass is 35.5. The van der Waals surface area contributed by atoms with Crippen LogP contribution in [0.5, 0.6) is 5.75 Å². The number of carbonyl (C=O) groups excluding carboxylic acids is 3. The van der Waals surface area contributed by atoms with Crippen molar-refractivity contribution >= 4 is 35.0 Å².